The fraction of sp³-hybridized carbons (Fsp3) is 0.667. The number of hydrogen-bond donors (Lipinski definition) is 2. The largest absolute Gasteiger partial charge is 0.414 e. The van der Waals surface area contributed by atoms with Gasteiger partial charge in [0.2, 0.25) is 5.89 Å². The number of hydrogen-bond acceptors (Lipinski definition) is 4. The molecule has 1 rings (SSSR count). The Bertz CT molecular complexity index is 264. The molecule has 1 aromatic rings. The van der Waals surface area contributed by atoms with Gasteiger partial charge >= 0.3 is 0 Å². The fourth-order valence-electron chi connectivity index (χ4n) is 0.798. The van der Waals surface area contributed by atoms with E-state index in [1.54, 1.807) is 0 Å². The molecule has 0 aliphatic rings. The summed E-state index contributed by atoms with van der Waals surface area (Å²) in [5.41, 5.74) is 0. The maximum absolute atomic E-state index is 8.84. The molecule has 0 aliphatic carbocycles. The molecule has 0 saturated carbocycles. The van der Waals surface area contributed by atoms with Crippen molar-refractivity contribution < 1.29 is 9.52 Å². The summed E-state index contributed by atoms with van der Waals surface area (Å²) in [6.07, 6.45) is 0.791. The minimum atomic E-state index is -0.0389. The third-order valence-corrected chi connectivity index (χ3v) is 1.69. The lowest BCUT2D eigenvalue weighted by Crippen LogP contribution is -2.02. The van der Waals surface area contributed by atoms with Crippen molar-refractivity contribution in [2.45, 2.75) is 19.3 Å². The number of rotatable bonds is 3. The first-order valence-electron chi connectivity index (χ1n) is 3.44. The van der Waals surface area contributed by atoms with Crippen LogP contribution in [0.5, 0.6) is 0 Å². The minimum absolute atomic E-state index is 0.0389. The SMILES string of the molecule is CCC(CO)c1n[nH]c(=S)o1. The van der Waals surface area contributed by atoms with Crippen LogP contribution >= 0.6 is 12.2 Å². The van der Waals surface area contributed by atoms with Crippen molar-refractivity contribution in [3.8, 4) is 0 Å². The molecule has 1 unspecified atom stereocenters. The van der Waals surface area contributed by atoms with Crippen LogP contribution in [0.1, 0.15) is 25.2 Å². The van der Waals surface area contributed by atoms with Crippen molar-refractivity contribution >= 4 is 12.2 Å². The second-order valence-electron chi connectivity index (χ2n) is 2.24. The van der Waals surface area contributed by atoms with Gasteiger partial charge in [0.05, 0.1) is 12.5 Å². The van der Waals surface area contributed by atoms with Crippen molar-refractivity contribution in [2.75, 3.05) is 6.61 Å². The third kappa shape index (κ3) is 1.87. The molecule has 2 N–H and O–H groups in total. The Kier molecular flexibility index (Phi) is 2.78. The van der Waals surface area contributed by atoms with Crippen LogP contribution in [-0.2, 0) is 0 Å². The van der Waals surface area contributed by atoms with Gasteiger partial charge in [0.15, 0.2) is 0 Å². The van der Waals surface area contributed by atoms with Crippen LogP contribution in [0, 0.1) is 4.84 Å². The second kappa shape index (κ2) is 3.64. The first kappa shape index (κ1) is 8.42. The summed E-state index contributed by atoms with van der Waals surface area (Å²) in [6, 6.07) is 0. The van der Waals surface area contributed by atoms with E-state index in [0.29, 0.717) is 5.89 Å². The van der Waals surface area contributed by atoms with E-state index in [0.717, 1.165) is 6.42 Å². The predicted molar refractivity (Wildman–Crippen MR) is 41.8 cm³/mol. The normalized spacial score (nSPS) is 13.3. The van der Waals surface area contributed by atoms with Gasteiger partial charge in [-0.1, -0.05) is 6.92 Å². The van der Waals surface area contributed by atoms with Gasteiger partial charge in [-0.25, -0.2) is 5.10 Å². The summed E-state index contributed by atoms with van der Waals surface area (Å²) in [4.78, 5) is 0.256. The van der Waals surface area contributed by atoms with E-state index < -0.39 is 0 Å². The van der Waals surface area contributed by atoms with Gasteiger partial charge in [-0.3, -0.25) is 0 Å². The van der Waals surface area contributed by atoms with Crippen molar-refractivity contribution in [1.82, 2.24) is 10.2 Å². The van der Waals surface area contributed by atoms with Crippen molar-refractivity contribution in [2.24, 2.45) is 0 Å². The van der Waals surface area contributed by atoms with Crippen LogP contribution < -0.4 is 0 Å². The van der Waals surface area contributed by atoms with Gasteiger partial charge in [-0.2, -0.15) is 0 Å². The topological polar surface area (TPSA) is 62.1 Å². The van der Waals surface area contributed by atoms with E-state index in [1.807, 2.05) is 6.92 Å². The Balaban J connectivity index is 2.81. The number of aromatic amines is 1. The molecule has 0 radical (unpaired) electrons. The molecule has 5 heteroatoms. The average Bonchev–Trinajstić information content (AvgIpc) is 2.39. The quantitative estimate of drug-likeness (QED) is 0.676. The summed E-state index contributed by atoms with van der Waals surface area (Å²) >= 11 is 4.68. The molecule has 0 bridgehead atoms. The monoisotopic (exact) mass is 174 g/mol. The van der Waals surface area contributed by atoms with E-state index in [1.165, 1.54) is 0 Å². The highest BCUT2D eigenvalue weighted by Gasteiger charge is 2.12. The van der Waals surface area contributed by atoms with Crippen molar-refractivity contribution in [3.05, 3.63) is 10.7 Å². The Labute approximate surface area is 69.2 Å². The molecule has 1 heterocycles. The van der Waals surface area contributed by atoms with E-state index in [-0.39, 0.29) is 17.4 Å². The van der Waals surface area contributed by atoms with Crippen molar-refractivity contribution in [3.63, 3.8) is 0 Å². The molecule has 0 aromatic carbocycles. The molecule has 0 saturated heterocycles. The highest BCUT2D eigenvalue weighted by Crippen LogP contribution is 2.15. The van der Waals surface area contributed by atoms with Gasteiger partial charge in [-0.05, 0) is 18.6 Å². The zero-order valence-corrected chi connectivity index (χ0v) is 7.02. The number of aliphatic hydroxyl groups excluding tert-OH is 1. The Hall–Kier alpha value is -0.680. The molecule has 11 heavy (non-hydrogen) atoms. The minimum Gasteiger partial charge on any atom is -0.414 e. The van der Waals surface area contributed by atoms with Crippen molar-refractivity contribution in [1.29, 1.82) is 0 Å². The number of H-pyrrole nitrogens is 1. The van der Waals surface area contributed by atoms with E-state index in [4.69, 9.17) is 9.52 Å². The number of aromatic nitrogens is 2. The first-order valence-corrected chi connectivity index (χ1v) is 3.85. The van der Waals surface area contributed by atoms with E-state index >= 15 is 0 Å². The predicted octanol–water partition coefficient (Wildman–Crippen LogP) is 1.22. The van der Waals surface area contributed by atoms with Gasteiger partial charge < -0.3 is 9.52 Å². The van der Waals surface area contributed by atoms with Gasteiger partial charge in [0, 0.05) is 0 Å². The molecule has 1 atom stereocenters. The fourth-order valence-corrected chi connectivity index (χ4v) is 0.929. The Morgan fingerprint density at radius 3 is 2.91 bits per heavy atom. The molecular weight excluding hydrogens is 164 g/mol. The third-order valence-electron chi connectivity index (χ3n) is 1.52. The van der Waals surface area contributed by atoms with Gasteiger partial charge in [0.25, 0.3) is 4.84 Å². The molecule has 0 amide bonds. The van der Waals surface area contributed by atoms with Crippen LogP contribution in [0.25, 0.3) is 0 Å². The Morgan fingerprint density at radius 2 is 2.55 bits per heavy atom. The number of aliphatic hydroxyl groups is 1. The molecule has 4 nitrogen and oxygen atoms in total. The summed E-state index contributed by atoms with van der Waals surface area (Å²) in [5, 5.41) is 15.1. The summed E-state index contributed by atoms with van der Waals surface area (Å²) < 4.78 is 5.02. The van der Waals surface area contributed by atoms with Crippen LogP contribution in [0.15, 0.2) is 4.42 Å². The Morgan fingerprint density at radius 1 is 1.82 bits per heavy atom. The first-order chi connectivity index (χ1) is 5.27. The zero-order chi connectivity index (χ0) is 8.27. The van der Waals surface area contributed by atoms with E-state index in [2.05, 4.69) is 22.4 Å². The lowest BCUT2D eigenvalue weighted by atomic mass is 10.1. The molecule has 0 aliphatic heterocycles. The van der Waals surface area contributed by atoms with Crippen LogP contribution in [0.2, 0.25) is 0 Å². The molecular formula is C6H10N2O2S. The lowest BCUT2D eigenvalue weighted by Gasteiger charge is -2.03. The summed E-state index contributed by atoms with van der Waals surface area (Å²) in [5.74, 6) is 0.447. The second-order valence-corrected chi connectivity index (χ2v) is 2.61. The molecule has 1 aromatic heterocycles. The molecule has 0 spiro atoms. The maximum atomic E-state index is 8.84. The standard InChI is InChI=1S/C6H10N2O2S/c1-2-4(3-9)5-7-8-6(11)10-5/h4,9H,2-3H2,1H3,(H,8,11). The number of nitrogens with one attached hydrogen (secondary N) is 1. The zero-order valence-electron chi connectivity index (χ0n) is 6.20. The highest BCUT2D eigenvalue weighted by atomic mass is 32.1. The van der Waals surface area contributed by atoms with E-state index in [9.17, 15) is 0 Å². The van der Waals surface area contributed by atoms with Gasteiger partial charge in [0.1, 0.15) is 0 Å². The number of nitrogens with zero attached hydrogens (tertiary/aromatic N) is 1. The molecule has 62 valence electrons. The maximum Gasteiger partial charge on any atom is 0.284 e. The van der Waals surface area contributed by atoms with Gasteiger partial charge in [-0.15, -0.1) is 5.10 Å². The van der Waals surface area contributed by atoms with Crippen LogP contribution in [0.3, 0.4) is 0 Å². The van der Waals surface area contributed by atoms with Crippen LogP contribution in [-0.4, -0.2) is 21.9 Å². The lowest BCUT2D eigenvalue weighted by molar-refractivity contribution is 0.241. The average molecular weight is 174 g/mol. The summed E-state index contributed by atoms with van der Waals surface area (Å²) in [7, 11) is 0. The highest BCUT2D eigenvalue weighted by molar-refractivity contribution is 7.71. The smallest absolute Gasteiger partial charge is 0.284 e. The van der Waals surface area contributed by atoms with Crippen LogP contribution in [0.4, 0.5) is 0 Å². The molecule has 0 fully saturated rings. The summed E-state index contributed by atoms with van der Waals surface area (Å²) in [6.45, 7) is 1.99.